The molecule has 1 fully saturated rings. The number of nitro groups is 1. The summed E-state index contributed by atoms with van der Waals surface area (Å²) in [7, 11) is 0. The number of para-hydroxylation sites is 1. The Morgan fingerprint density at radius 3 is 2.45 bits per heavy atom. The van der Waals surface area contributed by atoms with Crippen molar-refractivity contribution in [3.05, 3.63) is 75.3 Å². The lowest BCUT2D eigenvalue weighted by Gasteiger charge is -2.36. The summed E-state index contributed by atoms with van der Waals surface area (Å²) < 4.78 is 0. The molecule has 6 nitrogen and oxygen atoms in total. The molecule has 1 atom stereocenters. The number of nitro benzene ring substituents is 1. The third-order valence-electron chi connectivity index (χ3n) is 6.52. The zero-order valence-corrected chi connectivity index (χ0v) is 18.0. The topological polar surface area (TPSA) is 66.7 Å². The van der Waals surface area contributed by atoms with Crippen LogP contribution in [-0.2, 0) is 11.2 Å². The molecule has 2 aromatic rings. The molecule has 1 aliphatic carbocycles. The maximum atomic E-state index is 12.0. The molecule has 1 aliphatic heterocycles. The number of anilines is 1. The summed E-state index contributed by atoms with van der Waals surface area (Å²) in [4.78, 5) is 28.2. The van der Waals surface area contributed by atoms with Crippen molar-refractivity contribution in [2.45, 2.75) is 32.1 Å². The molecule has 4 rings (SSSR count). The molecule has 0 saturated carbocycles. The molecule has 0 radical (unpaired) electrons. The average Bonchev–Trinajstić information content (AvgIpc) is 2.80. The van der Waals surface area contributed by atoms with E-state index < -0.39 is 0 Å². The fraction of sp³-hybridized carbons (Fsp3) is 0.400. The Hall–Kier alpha value is -2.99. The van der Waals surface area contributed by atoms with Crippen LogP contribution < -0.4 is 4.90 Å². The Balaban J connectivity index is 1.33. The van der Waals surface area contributed by atoms with Gasteiger partial charge in [0.1, 0.15) is 0 Å². The van der Waals surface area contributed by atoms with Crippen molar-refractivity contribution >= 4 is 23.2 Å². The summed E-state index contributed by atoms with van der Waals surface area (Å²) in [5, 5.41) is 11.6. The maximum absolute atomic E-state index is 12.0. The second-order valence-corrected chi connectivity index (χ2v) is 8.40. The first-order valence-corrected chi connectivity index (χ1v) is 11.1. The van der Waals surface area contributed by atoms with Crippen molar-refractivity contribution in [3.63, 3.8) is 0 Å². The summed E-state index contributed by atoms with van der Waals surface area (Å²) in [6.07, 6.45) is 5.89. The molecular formula is C25H29N3O3. The van der Waals surface area contributed by atoms with Crippen molar-refractivity contribution in [3.8, 4) is 0 Å². The second-order valence-electron chi connectivity index (χ2n) is 8.40. The van der Waals surface area contributed by atoms with Gasteiger partial charge in [0.2, 0.25) is 0 Å². The molecule has 0 N–H and O–H groups in total. The number of benzene rings is 2. The fourth-order valence-electron chi connectivity index (χ4n) is 4.65. The Bertz CT molecular complexity index is 979. The van der Waals surface area contributed by atoms with E-state index >= 15 is 0 Å². The van der Waals surface area contributed by atoms with E-state index in [9.17, 15) is 14.9 Å². The summed E-state index contributed by atoms with van der Waals surface area (Å²) in [5.41, 5.74) is 4.00. The number of carbonyl (C=O) groups is 1. The second kappa shape index (κ2) is 9.43. The number of allylic oxidation sites excluding steroid dienone is 1. The molecule has 2 aromatic carbocycles. The van der Waals surface area contributed by atoms with Crippen LogP contribution in [0.3, 0.4) is 0 Å². The number of fused-ring (bicyclic) bond motifs is 1. The van der Waals surface area contributed by atoms with Crippen LogP contribution in [0.2, 0.25) is 0 Å². The largest absolute Gasteiger partial charge is 0.369 e. The molecule has 0 aromatic heterocycles. The van der Waals surface area contributed by atoms with Crippen LogP contribution >= 0.6 is 0 Å². The highest BCUT2D eigenvalue weighted by Gasteiger charge is 2.26. The van der Waals surface area contributed by atoms with E-state index in [2.05, 4.69) is 34.1 Å². The highest BCUT2D eigenvalue weighted by molar-refractivity contribution is 6.02. The number of rotatable bonds is 7. The molecule has 2 aliphatic rings. The molecular weight excluding hydrogens is 390 g/mol. The van der Waals surface area contributed by atoms with E-state index in [1.54, 1.807) is 24.3 Å². The smallest absolute Gasteiger partial charge is 0.273 e. The molecule has 162 valence electrons. The minimum atomic E-state index is -0.298. The SMILES string of the molecule is CC1C(=O)C=Cc2c1ccc([N+](=O)[O-])c2CCCCN1CCN(c2ccccc2)CC1. The van der Waals surface area contributed by atoms with Gasteiger partial charge >= 0.3 is 0 Å². The third kappa shape index (κ3) is 4.69. The number of carbonyl (C=O) groups excluding carboxylic acids is 1. The minimum Gasteiger partial charge on any atom is -0.369 e. The standard InChI is InChI=1S/C25H29N3O3/c1-19-21-10-12-24(28(30)31)23(22(21)11-13-25(19)29)9-5-6-14-26-15-17-27(18-16-26)20-7-3-2-4-8-20/h2-4,7-8,10-13,19H,5-6,9,14-18H2,1H3. The van der Waals surface area contributed by atoms with Crippen molar-refractivity contribution in [2.24, 2.45) is 0 Å². The van der Waals surface area contributed by atoms with Crippen molar-refractivity contribution in [2.75, 3.05) is 37.6 Å². The number of hydrogen-bond acceptors (Lipinski definition) is 5. The maximum Gasteiger partial charge on any atom is 0.273 e. The monoisotopic (exact) mass is 419 g/mol. The summed E-state index contributed by atoms with van der Waals surface area (Å²) in [6, 6.07) is 13.8. The first kappa shape index (κ1) is 21.2. The molecule has 0 amide bonds. The van der Waals surface area contributed by atoms with Crippen LogP contribution in [0.1, 0.15) is 42.4 Å². The lowest BCUT2D eigenvalue weighted by atomic mass is 9.83. The van der Waals surface area contributed by atoms with Crippen molar-refractivity contribution in [1.29, 1.82) is 0 Å². The molecule has 6 heteroatoms. The quantitative estimate of drug-likeness (QED) is 0.377. The fourth-order valence-corrected chi connectivity index (χ4v) is 4.65. The third-order valence-corrected chi connectivity index (χ3v) is 6.52. The molecule has 1 heterocycles. The minimum absolute atomic E-state index is 0.0574. The lowest BCUT2D eigenvalue weighted by Crippen LogP contribution is -2.46. The predicted octanol–water partition coefficient (Wildman–Crippen LogP) is 4.44. The molecule has 0 spiro atoms. The van der Waals surface area contributed by atoms with Gasteiger partial charge in [0, 0.05) is 49.4 Å². The van der Waals surface area contributed by atoms with Crippen LogP contribution in [-0.4, -0.2) is 48.3 Å². The first-order valence-electron chi connectivity index (χ1n) is 11.1. The van der Waals surface area contributed by atoms with Gasteiger partial charge in [-0.15, -0.1) is 0 Å². The van der Waals surface area contributed by atoms with E-state index in [1.165, 1.54) is 5.69 Å². The lowest BCUT2D eigenvalue weighted by molar-refractivity contribution is -0.385. The Kier molecular flexibility index (Phi) is 6.47. The van der Waals surface area contributed by atoms with Crippen molar-refractivity contribution < 1.29 is 9.72 Å². The van der Waals surface area contributed by atoms with Gasteiger partial charge in [-0.05, 0) is 55.1 Å². The van der Waals surface area contributed by atoms with E-state index in [-0.39, 0.29) is 22.3 Å². The number of nitrogens with zero attached hydrogens (tertiary/aromatic N) is 3. The summed E-state index contributed by atoms with van der Waals surface area (Å²) >= 11 is 0. The van der Waals surface area contributed by atoms with Gasteiger partial charge in [-0.25, -0.2) is 0 Å². The van der Waals surface area contributed by atoms with Crippen LogP contribution in [0.25, 0.3) is 6.08 Å². The zero-order valence-electron chi connectivity index (χ0n) is 18.0. The van der Waals surface area contributed by atoms with Gasteiger partial charge in [0.15, 0.2) is 5.78 Å². The highest BCUT2D eigenvalue weighted by atomic mass is 16.6. The Labute approximate surface area is 183 Å². The molecule has 1 saturated heterocycles. The van der Waals surface area contributed by atoms with Crippen molar-refractivity contribution in [1.82, 2.24) is 4.90 Å². The summed E-state index contributed by atoms with van der Waals surface area (Å²) in [5.74, 6) is -0.178. The number of piperazine rings is 1. The van der Waals surface area contributed by atoms with Crippen LogP contribution in [0, 0.1) is 10.1 Å². The number of ketones is 1. The number of unbranched alkanes of at least 4 members (excludes halogenated alkanes) is 1. The van der Waals surface area contributed by atoms with E-state index in [0.717, 1.165) is 62.3 Å². The van der Waals surface area contributed by atoms with E-state index in [4.69, 9.17) is 0 Å². The highest BCUT2D eigenvalue weighted by Crippen LogP contribution is 2.35. The first-order chi connectivity index (χ1) is 15.0. The zero-order chi connectivity index (χ0) is 21.8. The van der Waals surface area contributed by atoms with Gasteiger partial charge in [-0.3, -0.25) is 19.8 Å². The Morgan fingerprint density at radius 2 is 1.74 bits per heavy atom. The van der Waals surface area contributed by atoms with E-state index in [1.807, 2.05) is 13.0 Å². The van der Waals surface area contributed by atoms with E-state index in [0.29, 0.717) is 6.42 Å². The van der Waals surface area contributed by atoms with Crippen LogP contribution in [0.5, 0.6) is 0 Å². The van der Waals surface area contributed by atoms with Gasteiger partial charge in [-0.1, -0.05) is 37.3 Å². The molecule has 1 unspecified atom stereocenters. The predicted molar refractivity (Wildman–Crippen MR) is 124 cm³/mol. The average molecular weight is 420 g/mol. The van der Waals surface area contributed by atoms with Crippen LogP contribution in [0.15, 0.2) is 48.5 Å². The van der Waals surface area contributed by atoms with Gasteiger partial charge in [0.25, 0.3) is 5.69 Å². The molecule has 0 bridgehead atoms. The van der Waals surface area contributed by atoms with Gasteiger partial charge < -0.3 is 4.90 Å². The van der Waals surface area contributed by atoms with Gasteiger partial charge in [-0.2, -0.15) is 0 Å². The normalized spacial score (nSPS) is 18.8. The molecule has 31 heavy (non-hydrogen) atoms. The number of hydrogen-bond donors (Lipinski definition) is 0. The summed E-state index contributed by atoms with van der Waals surface area (Å²) in [6.45, 7) is 7.01. The Morgan fingerprint density at radius 1 is 1.00 bits per heavy atom. The van der Waals surface area contributed by atoms with Gasteiger partial charge in [0.05, 0.1) is 4.92 Å². The van der Waals surface area contributed by atoms with Crippen LogP contribution in [0.4, 0.5) is 11.4 Å².